The second-order valence-corrected chi connectivity index (χ2v) is 5.66. The molecule has 27 heavy (non-hydrogen) atoms. The van der Waals surface area contributed by atoms with E-state index in [1.54, 1.807) is 38.4 Å². The average Bonchev–Trinajstić information content (AvgIpc) is 3.10. The van der Waals surface area contributed by atoms with E-state index in [-0.39, 0.29) is 5.91 Å². The Hall–Kier alpha value is -3.55. The van der Waals surface area contributed by atoms with Crippen LogP contribution in [0.25, 0.3) is 0 Å². The predicted octanol–water partition coefficient (Wildman–Crippen LogP) is 2.94. The van der Waals surface area contributed by atoms with Crippen molar-refractivity contribution in [3.05, 3.63) is 60.0 Å². The fraction of sp³-hybridized carbons (Fsp3) is 0.211. The van der Waals surface area contributed by atoms with Gasteiger partial charge in [-0.1, -0.05) is 5.16 Å². The highest BCUT2D eigenvalue weighted by atomic mass is 16.5. The fourth-order valence-corrected chi connectivity index (χ4v) is 2.30. The molecule has 0 bridgehead atoms. The maximum atomic E-state index is 12.3. The lowest BCUT2D eigenvalue weighted by Gasteiger charge is -2.09. The van der Waals surface area contributed by atoms with E-state index < -0.39 is 0 Å². The largest absolute Gasteiger partial charge is 0.497 e. The molecule has 0 aliphatic carbocycles. The van der Waals surface area contributed by atoms with E-state index in [1.165, 1.54) is 0 Å². The molecular formula is C19H20N4O4. The molecule has 2 aromatic heterocycles. The Bertz CT molecular complexity index is 893. The van der Waals surface area contributed by atoms with Crippen LogP contribution in [0.2, 0.25) is 0 Å². The van der Waals surface area contributed by atoms with Crippen LogP contribution in [0, 0.1) is 6.92 Å². The van der Waals surface area contributed by atoms with Gasteiger partial charge in [0, 0.05) is 17.8 Å². The molecule has 3 aromatic rings. The van der Waals surface area contributed by atoms with Gasteiger partial charge < -0.3 is 24.6 Å². The van der Waals surface area contributed by atoms with E-state index in [0.29, 0.717) is 41.9 Å². The Morgan fingerprint density at radius 2 is 1.89 bits per heavy atom. The van der Waals surface area contributed by atoms with E-state index >= 15 is 0 Å². The third-order valence-corrected chi connectivity index (χ3v) is 3.62. The van der Waals surface area contributed by atoms with Crippen molar-refractivity contribution in [2.75, 3.05) is 25.6 Å². The molecule has 0 aliphatic rings. The minimum atomic E-state index is -0.213. The molecular weight excluding hydrogens is 348 g/mol. The van der Waals surface area contributed by atoms with Crippen LogP contribution in [0.5, 0.6) is 11.5 Å². The first-order valence-corrected chi connectivity index (χ1v) is 8.35. The number of ether oxygens (including phenoxy) is 2. The Labute approximate surface area is 156 Å². The number of rotatable bonds is 8. The highest BCUT2D eigenvalue weighted by molar-refractivity contribution is 5.94. The first-order valence-electron chi connectivity index (χ1n) is 8.35. The average molecular weight is 368 g/mol. The van der Waals surface area contributed by atoms with E-state index in [4.69, 9.17) is 14.0 Å². The Kier molecular flexibility index (Phi) is 5.88. The number of carbonyl (C=O) groups excluding carboxylic acids is 1. The van der Waals surface area contributed by atoms with Gasteiger partial charge in [-0.05, 0) is 43.3 Å². The monoisotopic (exact) mass is 368 g/mol. The van der Waals surface area contributed by atoms with Crippen molar-refractivity contribution in [2.45, 2.75) is 6.92 Å². The number of nitrogens with one attached hydrogen (secondary N) is 2. The minimum absolute atomic E-state index is 0.213. The van der Waals surface area contributed by atoms with Gasteiger partial charge in [-0.3, -0.25) is 4.79 Å². The molecule has 8 heteroatoms. The summed E-state index contributed by atoms with van der Waals surface area (Å²) in [5, 5.41) is 9.63. The number of carbonyl (C=O) groups is 1. The Morgan fingerprint density at radius 1 is 1.11 bits per heavy atom. The van der Waals surface area contributed by atoms with E-state index in [0.717, 1.165) is 5.75 Å². The number of benzene rings is 1. The molecule has 0 aliphatic heterocycles. The van der Waals surface area contributed by atoms with E-state index in [2.05, 4.69) is 20.8 Å². The summed E-state index contributed by atoms with van der Waals surface area (Å²) in [5.41, 5.74) is 0.483. The molecule has 0 saturated heterocycles. The summed E-state index contributed by atoms with van der Waals surface area (Å²) < 4.78 is 15.7. The second-order valence-electron chi connectivity index (χ2n) is 5.66. The van der Waals surface area contributed by atoms with Crippen molar-refractivity contribution < 1.29 is 18.8 Å². The van der Waals surface area contributed by atoms with Crippen LogP contribution >= 0.6 is 0 Å². The van der Waals surface area contributed by atoms with Gasteiger partial charge in [0.2, 0.25) is 0 Å². The molecule has 2 heterocycles. The molecule has 0 spiro atoms. The highest BCUT2D eigenvalue weighted by Crippen LogP contribution is 2.17. The Balaban J connectivity index is 1.48. The second kappa shape index (κ2) is 8.70. The van der Waals surface area contributed by atoms with Gasteiger partial charge in [0.05, 0.1) is 13.7 Å². The van der Waals surface area contributed by atoms with Crippen molar-refractivity contribution >= 4 is 17.5 Å². The zero-order chi connectivity index (χ0) is 19.1. The van der Waals surface area contributed by atoms with Gasteiger partial charge in [0.15, 0.2) is 5.82 Å². The Morgan fingerprint density at radius 3 is 2.59 bits per heavy atom. The SMILES string of the molecule is COc1ccc(OCCNC(=O)c2ccnc(Nc3cc(C)on3)c2)cc1. The number of pyridine rings is 1. The quantitative estimate of drug-likeness (QED) is 0.590. The molecule has 0 saturated carbocycles. The lowest BCUT2D eigenvalue weighted by molar-refractivity contribution is 0.0947. The van der Waals surface area contributed by atoms with Crippen molar-refractivity contribution in [3.63, 3.8) is 0 Å². The summed E-state index contributed by atoms with van der Waals surface area (Å²) in [6.45, 7) is 2.52. The van der Waals surface area contributed by atoms with E-state index in [9.17, 15) is 4.79 Å². The number of hydrogen-bond acceptors (Lipinski definition) is 7. The lowest BCUT2D eigenvalue weighted by Crippen LogP contribution is -2.28. The summed E-state index contributed by atoms with van der Waals surface area (Å²) >= 11 is 0. The maximum Gasteiger partial charge on any atom is 0.251 e. The zero-order valence-electron chi connectivity index (χ0n) is 15.1. The third kappa shape index (κ3) is 5.21. The minimum Gasteiger partial charge on any atom is -0.497 e. The van der Waals surface area contributed by atoms with Crippen molar-refractivity contribution in [1.82, 2.24) is 15.5 Å². The molecule has 0 unspecified atom stereocenters. The van der Waals surface area contributed by atoms with E-state index in [1.807, 2.05) is 24.3 Å². The normalized spacial score (nSPS) is 10.3. The third-order valence-electron chi connectivity index (χ3n) is 3.62. The molecule has 0 radical (unpaired) electrons. The van der Waals surface area contributed by atoms with Crippen molar-refractivity contribution in [1.29, 1.82) is 0 Å². The number of amides is 1. The van der Waals surface area contributed by atoms with Gasteiger partial charge >= 0.3 is 0 Å². The van der Waals surface area contributed by atoms with Gasteiger partial charge in [0.25, 0.3) is 5.91 Å². The number of methoxy groups -OCH3 is 1. The molecule has 3 rings (SSSR count). The van der Waals surface area contributed by atoms with Crippen molar-refractivity contribution in [2.24, 2.45) is 0 Å². The number of nitrogens with zero attached hydrogens (tertiary/aromatic N) is 2. The highest BCUT2D eigenvalue weighted by Gasteiger charge is 2.08. The molecule has 1 amide bonds. The predicted molar refractivity (Wildman–Crippen MR) is 99.6 cm³/mol. The van der Waals surface area contributed by atoms with Crippen molar-refractivity contribution in [3.8, 4) is 11.5 Å². The molecule has 140 valence electrons. The molecule has 0 fully saturated rings. The number of anilines is 2. The van der Waals surface area contributed by atoms with Crippen LogP contribution in [0.15, 0.2) is 53.2 Å². The summed E-state index contributed by atoms with van der Waals surface area (Å²) in [5.74, 6) is 2.98. The van der Waals surface area contributed by atoms with Crippen LogP contribution in [0.3, 0.4) is 0 Å². The molecule has 2 N–H and O–H groups in total. The molecule has 0 atom stereocenters. The first kappa shape index (κ1) is 18.2. The summed E-state index contributed by atoms with van der Waals surface area (Å²) in [6.07, 6.45) is 1.55. The van der Waals surface area contributed by atoms with Crippen LogP contribution in [-0.2, 0) is 0 Å². The summed E-state index contributed by atoms with van der Waals surface area (Å²) in [4.78, 5) is 16.4. The standard InChI is InChI=1S/C19H20N4O4/c1-13-11-18(23-27-13)22-17-12-14(7-8-20-17)19(24)21-9-10-26-16-5-3-15(25-2)4-6-16/h3-8,11-12H,9-10H2,1-2H3,(H,21,24)(H,20,22,23). The number of aromatic nitrogens is 2. The zero-order valence-corrected chi connectivity index (χ0v) is 15.1. The van der Waals surface area contributed by atoms with Crippen LogP contribution in [0.1, 0.15) is 16.1 Å². The summed E-state index contributed by atoms with van der Waals surface area (Å²) in [6, 6.07) is 12.3. The van der Waals surface area contributed by atoms with Gasteiger partial charge in [-0.2, -0.15) is 0 Å². The lowest BCUT2D eigenvalue weighted by atomic mass is 10.2. The molecule has 8 nitrogen and oxygen atoms in total. The number of hydrogen-bond donors (Lipinski definition) is 2. The fourth-order valence-electron chi connectivity index (χ4n) is 2.30. The number of aryl methyl sites for hydroxylation is 1. The first-order chi connectivity index (χ1) is 13.1. The molecule has 1 aromatic carbocycles. The van der Waals surface area contributed by atoms with Gasteiger partial charge in [-0.25, -0.2) is 4.98 Å². The van der Waals surface area contributed by atoms with Crippen LogP contribution in [0.4, 0.5) is 11.6 Å². The maximum absolute atomic E-state index is 12.3. The van der Waals surface area contributed by atoms with Gasteiger partial charge in [0.1, 0.15) is 29.7 Å². The van der Waals surface area contributed by atoms with Crippen LogP contribution < -0.4 is 20.1 Å². The van der Waals surface area contributed by atoms with Crippen LogP contribution in [-0.4, -0.2) is 36.3 Å². The topological polar surface area (TPSA) is 98.5 Å². The smallest absolute Gasteiger partial charge is 0.251 e. The van der Waals surface area contributed by atoms with Gasteiger partial charge in [-0.15, -0.1) is 0 Å². The summed E-state index contributed by atoms with van der Waals surface area (Å²) in [7, 11) is 1.61.